The first-order valence-corrected chi connectivity index (χ1v) is 5.15. The zero-order chi connectivity index (χ0) is 10.8. The van der Waals surface area contributed by atoms with Gasteiger partial charge in [-0.25, -0.2) is 0 Å². The summed E-state index contributed by atoms with van der Waals surface area (Å²) < 4.78 is 0. The van der Waals surface area contributed by atoms with Crippen molar-refractivity contribution < 1.29 is 14.7 Å². The predicted octanol–water partition coefficient (Wildman–Crippen LogP) is 1.17. The number of carbonyl (C=O) groups is 2. The van der Waals surface area contributed by atoms with E-state index in [-0.39, 0.29) is 35.5 Å². The number of carbonyl (C=O) groups excluding carboxylic acids is 1. The van der Waals surface area contributed by atoms with Crippen molar-refractivity contribution in [3.63, 3.8) is 0 Å². The fraction of sp³-hybridized carbons (Fsp3) is 0.800. The van der Waals surface area contributed by atoms with E-state index in [2.05, 4.69) is 12.2 Å². The summed E-state index contributed by atoms with van der Waals surface area (Å²) in [5.74, 6) is -1.16. The molecule has 0 aliphatic heterocycles. The van der Waals surface area contributed by atoms with E-state index in [9.17, 15) is 9.59 Å². The second kappa shape index (κ2) is 11.8. The van der Waals surface area contributed by atoms with E-state index in [0.717, 1.165) is 19.3 Å². The topological polar surface area (TPSA) is 66.4 Å². The molecule has 1 amide bonds. The second-order valence-electron chi connectivity index (χ2n) is 3.33. The second-order valence-corrected chi connectivity index (χ2v) is 3.33. The van der Waals surface area contributed by atoms with E-state index in [0.29, 0.717) is 6.42 Å². The van der Waals surface area contributed by atoms with E-state index in [1.54, 1.807) is 0 Å². The lowest BCUT2D eigenvalue weighted by Crippen LogP contribution is -2.28. The smallest absolute Gasteiger partial charge is 0.322 e. The maximum atomic E-state index is 11.0. The number of hydrogen-bond donors (Lipinski definition) is 2. The highest BCUT2D eigenvalue weighted by Gasteiger charge is 2.02. The molecule has 0 heterocycles. The Morgan fingerprint density at radius 1 is 1.13 bits per heavy atom. The van der Waals surface area contributed by atoms with Gasteiger partial charge in [-0.3, -0.25) is 9.59 Å². The van der Waals surface area contributed by atoms with Crippen molar-refractivity contribution in [1.82, 2.24) is 5.32 Å². The third-order valence-corrected chi connectivity index (χ3v) is 1.94. The molecule has 5 heteroatoms. The Kier molecular flexibility index (Phi) is 13.4. The number of carboxylic acids is 1. The molecule has 0 unspecified atom stereocenters. The lowest BCUT2D eigenvalue weighted by Gasteiger charge is -2.01. The number of carboxylic acid groups (broad SMARTS) is 1. The van der Waals surface area contributed by atoms with Crippen LogP contribution in [-0.4, -0.2) is 46.6 Å². The van der Waals surface area contributed by atoms with Gasteiger partial charge in [0.1, 0.15) is 6.54 Å². The summed E-state index contributed by atoms with van der Waals surface area (Å²) in [6, 6.07) is 0. The van der Waals surface area contributed by atoms with Gasteiger partial charge in [0.05, 0.1) is 0 Å². The van der Waals surface area contributed by atoms with Gasteiger partial charge in [0.2, 0.25) is 5.91 Å². The van der Waals surface area contributed by atoms with Crippen molar-refractivity contribution in [2.75, 3.05) is 6.54 Å². The van der Waals surface area contributed by atoms with Crippen LogP contribution in [0.15, 0.2) is 0 Å². The van der Waals surface area contributed by atoms with Gasteiger partial charge in [-0.2, -0.15) is 0 Å². The molecule has 0 aromatic rings. The molecule has 0 atom stereocenters. The lowest BCUT2D eigenvalue weighted by atomic mass is 10.1. The van der Waals surface area contributed by atoms with Gasteiger partial charge in [0.15, 0.2) is 0 Å². The Morgan fingerprint density at radius 3 is 2.27 bits per heavy atom. The van der Waals surface area contributed by atoms with Gasteiger partial charge >= 0.3 is 5.97 Å². The third-order valence-electron chi connectivity index (χ3n) is 1.94. The van der Waals surface area contributed by atoms with Crippen molar-refractivity contribution in [2.24, 2.45) is 0 Å². The summed E-state index contributed by atoms with van der Waals surface area (Å²) >= 11 is 0. The quantitative estimate of drug-likeness (QED) is 0.481. The molecule has 0 bridgehead atoms. The first-order valence-electron chi connectivity index (χ1n) is 5.15. The predicted molar refractivity (Wildman–Crippen MR) is 59.8 cm³/mol. The van der Waals surface area contributed by atoms with Crippen LogP contribution >= 0.6 is 0 Å². The molecular formula is C10H19MgNO3. The lowest BCUT2D eigenvalue weighted by molar-refractivity contribution is -0.137. The Bertz CT molecular complexity index is 186. The van der Waals surface area contributed by atoms with Crippen molar-refractivity contribution in [2.45, 2.75) is 45.4 Å². The van der Waals surface area contributed by atoms with Gasteiger partial charge in [0, 0.05) is 29.5 Å². The zero-order valence-electron chi connectivity index (χ0n) is 9.42. The van der Waals surface area contributed by atoms with Gasteiger partial charge in [-0.1, -0.05) is 32.6 Å². The number of hydrogen-bond acceptors (Lipinski definition) is 2. The molecular weight excluding hydrogens is 206 g/mol. The maximum Gasteiger partial charge on any atom is 0.322 e. The Labute approximate surface area is 107 Å². The summed E-state index contributed by atoms with van der Waals surface area (Å²) in [5.41, 5.74) is 0. The van der Waals surface area contributed by atoms with Gasteiger partial charge in [0.25, 0.3) is 0 Å². The van der Waals surface area contributed by atoms with Crippen molar-refractivity contribution in [3.8, 4) is 0 Å². The molecule has 0 saturated carbocycles. The number of rotatable bonds is 8. The minimum atomic E-state index is -0.996. The molecule has 2 radical (unpaired) electrons. The molecule has 0 rings (SSSR count). The number of aliphatic carboxylic acids is 1. The molecule has 84 valence electrons. The molecule has 0 aromatic heterocycles. The van der Waals surface area contributed by atoms with Crippen LogP contribution in [0.1, 0.15) is 45.4 Å². The zero-order valence-corrected chi connectivity index (χ0v) is 10.8. The number of nitrogens with one attached hydrogen (secondary N) is 1. The normalized spacial score (nSPS) is 9.13. The third kappa shape index (κ3) is 13.7. The van der Waals surface area contributed by atoms with Crippen molar-refractivity contribution in [3.05, 3.63) is 0 Å². The van der Waals surface area contributed by atoms with Crippen LogP contribution in [0.3, 0.4) is 0 Å². The van der Waals surface area contributed by atoms with Crippen LogP contribution in [-0.2, 0) is 9.59 Å². The number of amides is 1. The summed E-state index contributed by atoms with van der Waals surface area (Å²) in [5, 5.41) is 10.6. The largest absolute Gasteiger partial charge is 0.480 e. The van der Waals surface area contributed by atoms with E-state index >= 15 is 0 Å². The molecule has 2 N–H and O–H groups in total. The molecule has 0 aliphatic carbocycles. The molecule has 0 spiro atoms. The number of unbranched alkanes of at least 4 members (excludes halogenated alkanes) is 4. The Hall–Kier alpha value is -0.294. The maximum absolute atomic E-state index is 11.0. The highest BCUT2D eigenvalue weighted by Crippen LogP contribution is 2.04. The SMILES string of the molecule is CCCCCCCC(=O)NCC(=O)O.[Mg]. The van der Waals surface area contributed by atoms with Crippen LogP contribution in [0.4, 0.5) is 0 Å². The Morgan fingerprint density at radius 2 is 1.73 bits per heavy atom. The van der Waals surface area contributed by atoms with Gasteiger partial charge in [-0.15, -0.1) is 0 Å². The van der Waals surface area contributed by atoms with Crippen molar-refractivity contribution >= 4 is 34.9 Å². The van der Waals surface area contributed by atoms with Crippen LogP contribution in [0.2, 0.25) is 0 Å². The van der Waals surface area contributed by atoms with E-state index in [1.165, 1.54) is 12.8 Å². The highest BCUT2D eigenvalue weighted by molar-refractivity contribution is 5.80. The first-order chi connectivity index (χ1) is 6.66. The van der Waals surface area contributed by atoms with E-state index in [1.807, 2.05) is 0 Å². The first kappa shape index (κ1) is 17.1. The summed E-state index contributed by atoms with van der Waals surface area (Å²) in [7, 11) is 0. The Balaban J connectivity index is 0. The summed E-state index contributed by atoms with van der Waals surface area (Å²) in [4.78, 5) is 21.1. The fourth-order valence-corrected chi connectivity index (χ4v) is 1.15. The minimum absolute atomic E-state index is 0. The van der Waals surface area contributed by atoms with Crippen LogP contribution in [0, 0.1) is 0 Å². The van der Waals surface area contributed by atoms with Crippen molar-refractivity contribution in [1.29, 1.82) is 0 Å². The average Bonchev–Trinajstić information content (AvgIpc) is 2.14. The molecule has 15 heavy (non-hydrogen) atoms. The molecule has 0 fully saturated rings. The summed E-state index contributed by atoms with van der Waals surface area (Å²) in [6.45, 7) is 1.87. The van der Waals surface area contributed by atoms with Gasteiger partial charge < -0.3 is 10.4 Å². The van der Waals surface area contributed by atoms with Crippen LogP contribution in [0.25, 0.3) is 0 Å². The fourth-order valence-electron chi connectivity index (χ4n) is 1.15. The molecule has 0 aliphatic rings. The average molecular weight is 226 g/mol. The van der Waals surface area contributed by atoms with Crippen LogP contribution in [0.5, 0.6) is 0 Å². The monoisotopic (exact) mass is 225 g/mol. The minimum Gasteiger partial charge on any atom is -0.480 e. The van der Waals surface area contributed by atoms with E-state index < -0.39 is 5.97 Å². The van der Waals surface area contributed by atoms with E-state index in [4.69, 9.17) is 5.11 Å². The van der Waals surface area contributed by atoms with Crippen LogP contribution < -0.4 is 5.32 Å². The highest BCUT2D eigenvalue weighted by atomic mass is 24.3. The molecule has 0 aromatic carbocycles. The van der Waals surface area contributed by atoms with Gasteiger partial charge in [-0.05, 0) is 6.42 Å². The summed E-state index contributed by atoms with van der Waals surface area (Å²) in [6.07, 6.45) is 5.89. The standard InChI is InChI=1S/C10H19NO3.Mg/c1-2-3-4-5-6-7-9(12)11-8-10(13)14;/h2-8H2,1H3,(H,11,12)(H,13,14);. The molecule has 4 nitrogen and oxygen atoms in total. The molecule has 0 saturated heterocycles.